The van der Waals surface area contributed by atoms with E-state index in [-0.39, 0.29) is 5.91 Å². The summed E-state index contributed by atoms with van der Waals surface area (Å²) < 4.78 is 2.12. The molecular weight excluding hydrogens is 364 g/mol. The highest BCUT2D eigenvalue weighted by atomic mass is 35.5. The molecule has 0 aliphatic carbocycles. The van der Waals surface area contributed by atoms with E-state index in [1.165, 1.54) is 0 Å². The molecule has 0 unspecified atom stereocenters. The van der Waals surface area contributed by atoms with Gasteiger partial charge >= 0.3 is 0 Å². The minimum atomic E-state index is -0.522. The first kappa shape index (κ1) is 16.9. The van der Waals surface area contributed by atoms with Crippen molar-refractivity contribution in [2.45, 2.75) is 19.9 Å². The zero-order valence-corrected chi connectivity index (χ0v) is 15.4. The highest BCUT2D eigenvalue weighted by molar-refractivity contribution is 7.71. The number of benzene rings is 1. The van der Waals surface area contributed by atoms with Crippen LogP contribution in [0.2, 0.25) is 5.02 Å². The molecule has 0 spiro atoms. The molecule has 0 saturated carbocycles. The van der Waals surface area contributed by atoms with Gasteiger partial charge in [0, 0.05) is 10.7 Å². The second kappa shape index (κ2) is 6.88. The Hall–Kier alpha value is -1.96. The molecule has 3 aromatic rings. The molecule has 0 saturated heterocycles. The van der Waals surface area contributed by atoms with Gasteiger partial charge in [-0.05, 0) is 55.2 Å². The number of carbonyl (C=O) groups excluding carboxylic acids is 1. The second-order valence-corrected chi connectivity index (χ2v) is 7.09. The summed E-state index contributed by atoms with van der Waals surface area (Å²) in [4.78, 5) is 13.6. The lowest BCUT2D eigenvalue weighted by molar-refractivity contribution is -0.118. The van der Waals surface area contributed by atoms with Gasteiger partial charge in [0.2, 0.25) is 5.91 Å². The van der Waals surface area contributed by atoms with E-state index in [2.05, 4.69) is 15.5 Å². The fraction of sp³-hybridized carbons (Fsp3) is 0.188. The van der Waals surface area contributed by atoms with Crippen LogP contribution in [0.4, 0.5) is 5.69 Å². The quantitative estimate of drug-likeness (QED) is 0.639. The Kier molecular flexibility index (Phi) is 4.84. The van der Waals surface area contributed by atoms with Gasteiger partial charge in [0.1, 0.15) is 6.04 Å². The molecule has 2 heterocycles. The van der Waals surface area contributed by atoms with Gasteiger partial charge in [-0.25, -0.2) is 0 Å². The van der Waals surface area contributed by atoms with Gasteiger partial charge in [-0.1, -0.05) is 23.7 Å². The van der Waals surface area contributed by atoms with Crippen molar-refractivity contribution in [3.8, 4) is 10.7 Å². The first-order valence-corrected chi connectivity index (χ1v) is 8.91. The van der Waals surface area contributed by atoms with Crippen LogP contribution in [0.3, 0.4) is 0 Å². The summed E-state index contributed by atoms with van der Waals surface area (Å²) in [5.74, 6) is 0.469. The van der Waals surface area contributed by atoms with Crippen LogP contribution in [-0.2, 0) is 4.79 Å². The number of nitrogens with zero attached hydrogens (tertiary/aromatic N) is 2. The van der Waals surface area contributed by atoms with Crippen molar-refractivity contribution in [3.63, 3.8) is 0 Å². The number of aryl methyl sites for hydroxylation is 1. The first-order chi connectivity index (χ1) is 11.5. The molecule has 0 aliphatic heterocycles. The predicted molar refractivity (Wildman–Crippen MR) is 100 cm³/mol. The van der Waals surface area contributed by atoms with E-state index in [9.17, 15) is 4.79 Å². The molecule has 1 aromatic carbocycles. The maximum atomic E-state index is 12.7. The second-order valence-electron chi connectivity index (χ2n) is 5.32. The largest absolute Gasteiger partial charge is 0.324 e. The van der Waals surface area contributed by atoms with Crippen molar-refractivity contribution in [3.05, 3.63) is 51.1 Å². The van der Waals surface area contributed by atoms with Crippen LogP contribution < -0.4 is 5.32 Å². The van der Waals surface area contributed by atoms with Crippen LogP contribution in [0.5, 0.6) is 0 Å². The number of hydrogen-bond donors (Lipinski definition) is 2. The molecule has 8 heteroatoms. The van der Waals surface area contributed by atoms with Gasteiger partial charge in [0.25, 0.3) is 0 Å². The lowest BCUT2D eigenvalue weighted by Gasteiger charge is -2.16. The molecule has 1 amide bonds. The van der Waals surface area contributed by atoms with E-state index in [0.29, 0.717) is 21.3 Å². The fourth-order valence-corrected chi connectivity index (χ4v) is 3.50. The van der Waals surface area contributed by atoms with Crippen LogP contribution in [0.25, 0.3) is 10.7 Å². The number of rotatable bonds is 4. The Labute approximate surface area is 153 Å². The number of carbonyl (C=O) groups is 1. The minimum absolute atomic E-state index is 0.185. The van der Waals surface area contributed by atoms with Gasteiger partial charge < -0.3 is 5.32 Å². The van der Waals surface area contributed by atoms with Crippen molar-refractivity contribution in [2.24, 2.45) is 0 Å². The molecule has 2 N–H and O–H groups in total. The van der Waals surface area contributed by atoms with Gasteiger partial charge in [-0.15, -0.1) is 11.3 Å². The molecule has 124 valence electrons. The average molecular weight is 379 g/mol. The van der Waals surface area contributed by atoms with E-state index >= 15 is 0 Å². The lowest BCUT2D eigenvalue weighted by atomic mass is 10.2. The number of anilines is 1. The lowest BCUT2D eigenvalue weighted by Crippen LogP contribution is -2.24. The van der Waals surface area contributed by atoms with Crippen molar-refractivity contribution in [2.75, 3.05) is 5.32 Å². The monoisotopic (exact) mass is 378 g/mol. The Morgan fingerprint density at radius 1 is 1.46 bits per heavy atom. The van der Waals surface area contributed by atoms with Crippen LogP contribution in [0.15, 0.2) is 35.7 Å². The van der Waals surface area contributed by atoms with Crippen LogP contribution in [-0.4, -0.2) is 20.7 Å². The summed E-state index contributed by atoms with van der Waals surface area (Å²) in [5.41, 5.74) is 1.63. The van der Waals surface area contributed by atoms with Crippen molar-refractivity contribution < 1.29 is 4.79 Å². The molecule has 5 nitrogen and oxygen atoms in total. The SMILES string of the molecule is Cc1ccc(Cl)cc1NC(=O)[C@@H](C)n1c(-c2cccs2)n[nH]c1=S. The first-order valence-electron chi connectivity index (χ1n) is 7.25. The van der Waals surface area contributed by atoms with Gasteiger partial charge in [-0.2, -0.15) is 5.10 Å². The Morgan fingerprint density at radius 2 is 2.25 bits per heavy atom. The van der Waals surface area contributed by atoms with Crippen LogP contribution >= 0.6 is 35.2 Å². The molecule has 24 heavy (non-hydrogen) atoms. The summed E-state index contributed by atoms with van der Waals surface area (Å²) in [5, 5.41) is 12.5. The van der Waals surface area contributed by atoms with E-state index in [1.54, 1.807) is 35.0 Å². The third-order valence-corrected chi connectivity index (χ3v) is 5.06. The van der Waals surface area contributed by atoms with E-state index in [0.717, 1.165) is 10.4 Å². The minimum Gasteiger partial charge on any atom is -0.324 e. The molecule has 2 aromatic heterocycles. The summed E-state index contributed by atoms with van der Waals surface area (Å²) in [6.07, 6.45) is 0. The van der Waals surface area contributed by atoms with Gasteiger partial charge in [-0.3, -0.25) is 14.5 Å². The maximum absolute atomic E-state index is 12.7. The van der Waals surface area contributed by atoms with Gasteiger partial charge in [0.05, 0.1) is 4.88 Å². The summed E-state index contributed by atoms with van der Waals surface area (Å²) in [6.45, 7) is 3.70. The van der Waals surface area contributed by atoms with Crippen molar-refractivity contribution in [1.29, 1.82) is 0 Å². The number of hydrogen-bond acceptors (Lipinski definition) is 4. The smallest absolute Gasteiger partial charge is 0.247 e. The van der Waals surface area contributed by atoms with Crippen LogP contribution in [0, 0.1) is 11.7 Å². The molecule has 0 aliphatic rings. The predicted octanol–water partition coefficient (Wildman–Crippen LogP) is 4.83. The number of aromatic amines is 1. The molecule has 1 atom stereocenters. The average Bonchev–Trinajstić information content (AvgIpc) is 3.19. The summed E-state index contributed by atoms with van der Waals surface area (Å²) >= 11 is 12.9. The summed E-state index contributed by atoms with van der Waals surface area (Å²) in [6, 6.07) is 8.74. The number of amides is 1. The number of nitrogens with one attached hydrogen (secondary N) is 2. The normalized spacial score (nSPS) is 12.1. The zero-order chi connectivity index (χ0) is 17.3. The highest BCUT2D eigenvalue weighted by Gasteiger charge is 2.21. The van der Waals surface area contributed by atoms with E-state index < -0.39 is 6.04 Å². The van der Waals surface area contributed by atoms with E-state index in [4.69, 9.17) is 23.8 Å². The Bertz CT molecular complexity index is 930. The number of H-pyrrole nitrogens is 1. The summed E-state index contributed by atoms with van der Waals surface area (Å²) in [7, 11) is 0. The van der Waals surface area contributed by atoms with E-state index in [1.807, 2.05) is 30.5 Å². The molecule has 0 radical (unpaired) electrons. The fourth-order valence-electron chi connectivity index (χ4n) is 2.33. The molecule has 3 rings (SSSR count). The van der Waals surface area contributed by atoms with Crippen molar-refractivity contribution >= 4 is 46.8 Å². The molecule has 0 fully saturated rings. The number of halogens is 1. The number of aromatic nitrogens is 3. The Balaban J connectivity index is 1.91. The standard InChI is InChI=1S/C16H15ClN4OS2/c1-9-5-6-11(17)8-12(9)18-15(22)10(2)21-14(19-20-16(21)23)13-4-3-7-24-13/h3-8,10H,1-2H3,(H,18,22)(H,20,23)/t10-/m1/s1. The van der Waals surface area contributed by atoms with Gasteiger partial charge in [0.15, 0.2) is 10.6 Å². The third kappa shape index (κ3) is 3.28. The third-order valence-electron chi connectivity index (χ3n) is 3.67. The Morgan fingerprint density at radius 3 is 2.96 bits per heavy atom. The zero-order valence-electron chi connectivity index (χ0n) is 13.0. The molecular formula is C16H15ClN4OS2. The molecule has 0 bridgehead atoms. The maximum Gasteiger partial charge on any atom is 0.247 e. The van der Waals surface area contributed by atoms with Crippen LogP contribution in [0.1, 0.15) is 18.5 Å². The topological polar surface area (TPSA) is 62.7 Å². The number of thiophene rings is 1. The van der Waals surface area contributed by atoms with Crippen molar-refractivity contribution in [1.82, 2.24) is 14.8 Å². The highest BCUT2D eigenvalue weighted by Crippen LogP contribution is 2.27.